The maximum atomic E-state index is 5.79. The van der Waals surface area contributed by atoms with Crippen LogP contribution in [-0.4, -0.2) is 25.1 Å². The molecule has 0 unspecified atom stereocenters. The molecule has 0 fully saturated rings. The van der Waals surface area contributed by atoms with E-state index in [-0.39, 0.29) is 0 Å². The Morgan fingerprint density at radius 1 is 1.22 bits per heavy atom. The van der Waals surface area contributed by atoms with Gasteiger partial charge in [-0.15, -0.1) is 22.9 Å². The quantitative estimate of drug-likeness (QED) is 0.786. The normalized spacial score (nSPS) is 10.4. The zero-order chi connectivity index (χ0) is 13.0. The van der Waals surface area contributed by atoms with Gasteiger partial charge in [-0.3, -0.25) is 0 Å². The summed E-state index contributed by atoms with van der Waals surface area (Å²) in [5.74, 6) is 2.03. The summed E-state index contributed by atoms with van der Waals surface area (Å²) in [6, 6.07) is 5.80. The summed E-state index contributed by atoms with van der Waals surface area (Å²) in [5.41, 5.74) is 3.84. The largest absolute Gasteiger partial charge is 0.493 e. The highest BCUT2D eigenvalue weighted by molar-refractivity contribution is 7.10. The van der Waals surface area contributed by atoms with Gasteiger partial charge < -0.3 is 9.47 Å². The molecule has 0 bridgehead atoms. The zero-order valence-corrected chi connectivity index (χ0v) is 11.8. The van der Waals surface area contributed by atoms with Crippen LogP contribution in [0.3, 0.4) is 0 Å². The number of benzene rings is 1. The second kappa shape index (κ2) is 6.07. The van der Waals surface area contributed by atoms with Crippen LogP contribution in [0.4, 0.5) is 0 Å². The number of alkyl halides is 1. The zero-order valence-electron chi connectivity index (χ0n) is 10.3. The predicted octanol–water partition coefficient (Wildman–Crippen LogP) is 3.61. The van der Waals surface area contributed by atoms with Gasteiger partial charge in [0.25, 0.3) is 0 Å². The molecule has 0 N–H and O–H groups in total. The monoisotopic (exact) mass is 283 g/mol. The number of methoxy groups -OCH3 is 2. The number of halogens is 1. The first-order valence-electron chi connectivity index (χ1n) is 5.51. The Hall–Kier alpha value is -1.26. The van der Waals surface area contributed by atoms with E-state index in [0.717, 1.165) is 23.4 Å². The predicted molar refractivity (Wildman–Crippen MR) is 75.1 cm³/mol. The van der Waals surface area contributed by atoms with Gasteiger partial charge in [0.1, 0.15) is 0 Å². The topological polar surface area (TPSA) is 31.4 Å². The van der Waals surface area contributed by atoms with Crippen LogP contribution in [0.1, 0.15) is 4.88 Å². The molecule has 5 heteroatoms. The van der Waals surface area contributed by atoms with Crippen molar-refractivity contribution in [2.24, 2.45) is 0 Å². The van der Waals surface area contributed by atoms with Crippen molar-refractivity contribution in [2.45, 2.75) is 6.42 Å². The molecule has 3 nitrogen and oxygen atoms in total. The molecular formula is C13H14ClNO2S. The Labute approximate surface area is 115 Å². The van der Waals surface area contributed by atoms with Crippen molar-refractivity contribution in [2.75, 3.05) is 20.1 Å². The number of nitrogens with zero attached hydrogens (tertiary/aromatic N) is 1. The summed E-state index contributed by atoms with van der Waals surface area (Å²) in [5, 5.41) is 0. The average Bonchev–Trinajstić information content (AvgIpc) is 2.86. The minimum Gasteiger partial charge on any atom is -0.493 e. The summed E-state index contributed by atoms with van der Waals surface area (Å²) >= 11 is 7.42. The van der Waals surface area contributed by atoms with E-state index in [1.807, 2.05) is 23.7 Å². The van der Waals surface area contributed by atoms with Gasteiger partial charge in [0, 0.05) is 16.3 Å². The first-order valence-corrected chi connectivity index (χ1v) is 6.92. The fourth-order valence-corrected chi connectivity index (χ4v) is 2.84. The number of aromatic nitrogens is 1. The number of hydrogen-bond acceptors (Lipinski definition) is 4. The summed E-state index contributed by atoms with van der Waals surface area (Å²) < 4.78 is 10.5. The third-order valence-corrected chi connectivity index (χ3v) is 3.70. The first-order chi connectivity index (χ1) is 8.80. The van der Waals surface area contributed by atoms with Crippen molar-refractivity contribution in [3.8, 4) is 22.8 Å². The first kappa shape index (κ1) is 13.2. The van der Waals surface area contributed by atoms with Crippen LogP contribution in [0.2, 0.25) is 0 Å². The Bertz CT molecular complexity index is 527. The summed E-state index contributed by atoms with van der Waals surface area (Å²) in [6.45, 7) is 0. The molecule has 0 aliphatic heterocycles. The van der Waals surface area contributed by atoms with E-state index in [2.05, 4.69) is 4.98 Å². The lowest BCUT2D eigenvalue weighted by atomic mass is 10.1. The van der Waals surface area contributed by atoms with Gasteiger partial charge in [0.2, 0.25) is 0 Å². The second-order valence-electron chi connectivity index (χ2n) is 3.63. The summed E-state index contributed by atoms with van der Waals surface area (Å²) in [6.07, 6.45) is 0.829. The summed E-state index contributed by atoms with van der Waals surface area (Å²) in [4.78, 5) is 5.59. The SMILES string of the molecule is COc1ccc(-c2ncsc2CCCl)cc1OC. The Kier molecular flexibility index (Phi) is 4.44. The van der Waals surface area contributed by atoms with E-state index in [1.54, 1.807) is 25.6 Å². The Balaban J connectivity index is 2.41. The van der Waals surface area contributed by atoms with Crippen LogP contribution < -0.4 is 9.47 Å². The fourth-order valence-electron chi connectivity index (χ4n) is 1.75. The van der Waals surface area contributed by atoms with Gasteiger partial charge in [-0.1, -0.05) is 0 Å². The van der Waals surface area contributed by atoms with Crippen LogP contribution in [0.25, 0.3) is 11.3 Å². The van der Waals surface area contributed by atoms with Crippen LogP contribution in [0.15, 0.2) is 23.7 Å². The Morgan fingerprint density at radius 3 is 2.67 bits per heavy atom. The molecule has 0 spiro atoms. The van der Waals surface area contributed by atoms with Crippen LogP contribution in [-0.2, 0) is 6.42 Å². The van der Waals surface area contributed by atoms with Gasteiger partial charge in [-0.2, -0.15) is 0 Å². The maximum Gasteiger partial charge on any atom is 0.161 e. The van der Waals surface area contributed by atoms with E-state index in [1.165, 1.54) is 4.88 Å². The minimum absolute atomic E-state index is 0.600. The van der Waals surface area contributed by atoms with Crippen molar-refractivity contribution in [1.82, 2.24) is 4.98 Å². The second-order valence-corrected chi connectivity index (χ2v) is 4.95. The third-order valence-electron chi connectivity index (χ3n) is 2.62. The number of hydrogen-bond donors (Lipinski definition) is 0. The molecule has 96 valence electrons. The van der Waals surface area contributed by atoms with Crippen molar-refractivity contribution < 1.29 is 9.47 Å². The van der Waals surface area contributed by atoms with E-state index in [0.29, 0.717) is 11.6 Å². The average molecular weight is 284 g/mol. The number of aryl methyl sites for hydroxylation is 1. The fraction of sp³-hybridized carbons (Fsp3) is 0.308. The molecular weight excluding hydrogens is 270 g/mol. The minimum atomic E-state index is 0.600. The smallest absolute Gasteiger partial charge is 0.161 e. The van der Waals surface area contributed by atoms with Gasteiger partial charge in [0.15, 0.2) is 11.5 Å². The molecule has 1 aromatic heterocycles. The molecule has 0 aliphatic rings. The van der Waals surface area contributed by atoms with Crippen LogP contribution in [0.5, 0.6) is 11.5 Å². The highest BCUT2D eigenvalue weighted by Crippen LogP contribution is 2.34. The molecule has 0 saturated heterocycles. The molecule has 2 rings (SSSR count). The number of ether oxygens (including phenoxy) is 2. The molecule has 18 heavy (non-hydrogen) atoms. The molecule has 0 atom stereocenters. The van der Waals surface area contributed by atoms with Crippen LogP contribution in [0, 0.1) is 0 Å². The van der Waals surface area contributed by atoms with Crippen molar-refractivity contribution in [3.05, 3.63) is 28.6 Å². The molecule has 0 aliphatic carbocycles. The highest BCUT2D eigenvalue weighted by Gasteiger charge is 2.11. The third kappa shape index (κ3) is 2.60. The van der Waals surface area contributed by atoms with Gasteiger partial charge in [0.05, 0.1) is 25.4 Å². The van der Waals surface area contributed by atoms with Crippen LogP contribution >= 0.6 is 22.9 Å². The lowest BCUT2D eigenvalue weighted by molar-refractivity contribution is 0.355. The van der Waals surface area contributed by atoms with Gasteiger partial charge >= 0.3 is 0 Å². The maximum absolute atomic E-state index is 5.79. The Morgan fingerprint density at radius 2 is 2.00 bits per heavy atom. The van der Waals surface area contributed by atoms with Crippen molar-refractivity contribution in [3.63, 3.8) is 0 Å². The van der Waals surface area contributed by atoms with E-state index in [9.17, 15) is 0 Å². The van der Waals surface area contributed by atoms with E-state index >= 15 is 0 Å². The van der Waals surface area contributed by atoms with Crippen molar-refractivity contribution in [1.29, 1.82) is 0 Å². The molecule has 0 radical (unpaired) electrons. The van der Waals surface area contributed by atoms with Gasteiger partial charge in [-0.25, -0.2) is 4.98 Å². The van der Waals surface area contributed by atoms with E-state index < -0.39 is 0 Å². The van der Waals surface area contributed by atoms with E-state index in [4.69, 9.17) is 21.1 Å². The number of thiazole rings is 1. The molecule has 2 aromatic rings. The lowest BCUT2D eigenvalue weighted by Crippen LogP contribution is -1.92. The number of rotatable bonds is 5. The summed E-state index contributed by atoms with van der Waals surface area (Å²) in [7, 11) is 3.25. The van der Waals surface area contributed by atoms with Crippen molar-refractivity contribution >= 4 is 22.9 Å². The van der Waals surface area contributed by atoms with Gasteiger partial charge in [-0.05, 0) is 24.6 Å². The molecule has 0 saturated carbocycles. The highest BCUT2D eigenvalue weighted by atomic mass is 35.5. The standard InChI is InChI=1S/C13H14ClNO2S/c1-16-10-4-3-9(7-11(10)17-2)13-12(5-6-14)18-8-15-13/h3-4,7-8H,5-6H2,1-2H3. The molecule has 1 aromatic carbocycles. The lowest BCUT2D eigenvalue weighted by Gasteiger charge is -2.09. The molecule has 0 amide bonds. The molecule has 1 heterocycles.